The molecule has 0 aliphatic carbocycles. The molecule has 1 aromatic heterocycles. The highest BCUT2D eigenvalue weighted by Crippen LogP contribution is 2.22. The number of rotatable bonds is 15. The lowest BCUT2D eigenvalue weighted by atomic mass is 10.1. The van der Waals surface area contributed by atoms with Crippen LogP contribution >= 0.6 is 0 Å². The third-order valence-electron chi connectivity index (χ3n) is 6.80. The largest absolute Gasteiger partial charge is 0.346 e. The zero-order valence-corrected chi connectivity index (χ0v) is 21.5. The van der Waals surface area contributed by atoms with Gasteiger partial charge < -0.3 is 9.88 Å². The molecule has 4 heteroatoms. The minimum absolute atomic E-state index is 0.0411. The smallest absolute Gasteiger partial charge is 0.225 e. The van der Waals surface area contributed by atoms with Crippen LogP contribution in [0.1, 0.15) is 101 Å². The van der Waals surface area contributed by atoms with Crippen LogP contribution in [-0.4, -0.2) is 15.5 Å². The topological polar surface area (TPSA) is 46.9 Å². The highest BCUT2D eigenvalue weighted by Gasteiger charge is 2.18. The van der Waals surface area contributed by atoms with Crippen molar-refractivity contribution in [1.29, 1.82) is 0 Å². The summed E-state index contributed by atoms with van der Waals surface area (Å²) in [5.41, 5.74) is 4.39. The molecule has 4 nitrogen and oxygen atoms in total. The summed E-state index contributed by atoms with van der Waals surface area (Å²) in [5, 5.41) is 3.19. The third kappa shape index (κ3) is 7.72. The summed E-state index contributed by atoms with van der Waals surface area (Å²) in [6.45, 7) is 7.32. The van der Waals surface area contributed by atoms with Gasteiger partial charge in [-0.1, -0.05) is 101 Å². The van der Waals surface area contributed by atoms with Crippen LogP contribution in [0.15, 0.2) is 48.5 Å². The Balaban J connectivity index is 1.53. The Morgan fingerprint density at radius 1 is 0.882 bits per heavy atom. The zero-order valence-electron chi connectivity index (χ0n) is 21.5. The molecule has 1 heterocycles. The molecule has 1 unspecified atom stereocenters. The van der Waals surface area contributed by atoms with Crippen molar-refractivity contribution in [3.05, 3.63) is 65.5 Å². The minimum atomic E-state index is -0.132. The maximum absolute atomic E-state index is 12.8. The van der Waals surface area contributed by atoms with Gasteiger partial charge in [-0.3, -0.25) is 4.79 Å². The predicted octanol–water partition coefficient (Wildman–Crippen LogP) is 7.69. The second-order valence-corrected chi connectivity index (χ2v) is 9.68. The van der Waals surface area contributed by atoms with Crippen molar-refractivity contribution in [2.24, 2.45) is 0 Å². The van der Waals surface area contributed by atoms with Gasteiger partial charge in [-0.2, -0.15) is 0 Å². The number of benzene rings is 2. The molecule has 2 aromatic carbocycles. The Morgan fingerprint density at radius 3 is 2.21 bits per heavy atom. The van der Waals surface area contributed by atoms with Gasteiger partial charge in [0, 0.05) is 6.54 Å². The molecule has 34 heavy (non-hydrogen) atoms. The number of hydrogen-bond donors (Lipinski definition) is 1. The SMILES string of the molecule is CCCCCCCCCCCCn1c(C(C)NC(=O)Cc2ccccc2C)nc2ccccc21. The number of fused-ring (bicyclic) bond motifs is 1. The van der Waals surface area contributed by atoms with Crippen molar-refractivity contribution < 1.29 is 4.79 Å². The summed E-state index contributed by atoms with van der Waals surface area (Å²) < 4.78 is 2.32. The lowest BCUT2D eigenvalue weighted by Gasteiger charge is -2.17. The van der Waals surface area contributed by atoms with Crippen LogP contribution in [-0.2, 0) is 17.8 Å². The molecule has 0 radical (unpaired) electrons. The number of hydrogen-bond acceptors (Lipinski definition) is 2. The molecule has 0 aliphatic rings. The molecule has 1 amide bonds. The molecule has 0 saturated heterocycles. The van der Waals surface area contributed by atoms with Crippen LogP contribution in [0.25, 0.3) is 11.0 Å². The lowest BCUT2D eigenvalue weighted by Crippen LogP contribution is -2.30. The molecular formula is C30H43N3O. The molecule has 0 fully saturated rings. The average Bonchev–Trinajstić information content (AvgIpc) is 3.20. The van der Waals surface area contributed by atoms with E-state index >= 15 is 0 Å². The van der Waals surface area contributed by atoms with Gasteiger partial charge in [0.15, 0.2) is 0 Å². The number of carbonyl (C=O) groups is 1. The van der Waals surface area contributed by atoms with Crippen molar-refractivity contribution in [3.63, 3.8) is 0 Å². The zero-order chi connectivity index (χ0) is 24.2. The van der Waals surface area contributed by atoms with Crippen LogP contribution in [0.4, 0.5) is 0 Å². The molecular weight excluding hydrogens is 418 g/mol. The number of nitrogens with one attached hydrogen (secondary N) is 1. The summed E-state index contributed by atoms with van der Waals surface area (Å²) in [6, 6.07) is 16.3. The van der Waals surface area contributed by atoms with Gasteiger partial charge in [-0.25, -0.2) is 4.98 Å². The van der Waals surface area contributed by atoms with Gasteiger partial charge in [0.05, 0.1) is 23.5 Å². The fraction of sp³-hybridized carbons (Fsp3) is 0.533. The van der Waals surface area contributed by atoms with E-state index < -0.39 is 0 Å². The second-order valence-electron chi connectivity index (χ2n) is 9.68. The van der Waals surface area contributed by atoms with E-state index in [1.807, 2.05) is 31.2 Å². The highest BCUT2D eigenvalue weighted by atomic mass is 16.1. The van der Waals surface area contributed by atoms with E-state index in [0.717, 1.165) is 41.0 Å². The monoisotopic (exact) mass is 461 g/mol. The van der Waals surface area contributed by atoms with Gasteiger partial charge in [0.1, 0.15) is 5.82 Å². The molecule has 184 valence electrons. The van der Waals surface area contributed by atoms with E-state index in [1.54, 1.807) is 0 Å². The average molecular weight is 462 g/mol. The fourth-order valence-electron chi connectivity index (χ4n) is 4.76. The molecule has 1 N–H and O–H groups in total. The Labute approximate surface area is 206 Å². The molecule has 0 aliphatic heterocycles. The van der Waals surface area contributed by atoms with Crippen molar-refractivity contribution in [1.82, 2.24) is 14.9 Å². The maximum atomic E-state index is 12.8. The third-order valence-corrected chi connectivity index (χ3v) is 6.80. The molecule has 3 rings (SSSR count). The predicted molar refractivity (Wildman–Crippen MR) is 143 cm³/mol. The quantitative estimate of drug-likeness (QED) is 0.236. The van der Waals surface area contributed by atoms with Crippen molar-refractivity contribution in [3.8, 4) is 0 Å². The number of unbranched alkanes of at least 4 members (excludes halogenated alkanes) is 9. The number of imidazole rings is 1. The maximum Gasteiger partial charge on any atom is 0.225 e. The van der Waals surface area contributed by atoms with Gasteiger partial charge in [0.25, 0.3) is 0 Å². The minimum Gasteiger partial charge on any atom is -0.346 e. The lowest BCUT2D eigenvalue weighted by molar-refractivity contribution is -0.121. The van der Waals surface area contributed by atoms with E-state index in [1.165, 1.54) is 57.8 Å². The van der Waals surface area contributed by atoms with E-state index in [2.05, 4.69) is 48.0 Å². The number of para-hydroxylation sites is 2. The van der Waals surface area contributed by atoms with Crippen molar-refractivity contribution in [2.45, 2.75) is 104 Å². The second kappa shape index (κ2) is 13.9. The number of aryl methyl sites for hydroxylation is 2. The van der Waals surface area contributed by atoms with Gasteiger partial charge in [0.2, 0.25) is 5.91 Å². The first-order chi connectivity index (χ1) is 16.6. The van der Waals surface area contributed by atoms with Crippen molar-refractivity contribution in [2.75, 3.05) is 0 Å². The van der Waals surface area contributed by atoms with Crippen molar-refractivity contribution >= 4 is 16.9 Å². The first-order valence-corrected chi connectivity index (χ1v) is 13.4. The number of carbonyl (C=O) groups excluding carboxylic acids is 1. The molecule has 3 aromatic rings. The van der Waals surface area contributed by atoms with E-state index in [-0.39, 0.29) is 11.9 Å². The number of amides is 1. The summed E-state index contributed by atoms with van der Waals surface area (Å²) in [4.78, 5) is 17.7. The van der Waals surface area contributed by atoms with Gasteiger partial charge >= 0.3 is 0 Å². The number of aromatic nitrogens is 2. The summed E-state index contributed by atoms with van der Waals surface area (Å²) >= 11 is 0. The van der Waals surface area contributed by atoms with Gasteiger partial charge in [-0.15, -0.1) is 0 Å². The van der Waals surface area contributed by atoms with E-state index in [4.69, 9.17) is 4.98 Å². The molecule has 1 atom stereocenters. The van der Waals surface area contributed by atoms with Crippen LogP contribution in [0, 0.1) is 6.92 Å². The summed E-state index contributed by atoms with van der Waals surface area (Å²) in [6.07, 6.45) is 13.7. The molecule has 0 bridgehead atoms. The highest BCUT2D eigenvalue weighted by molar-refractivity contribution is 5.80. The Kier molecular flexibility index (Phi) is 10.7. The fourth-order valence-corrected chi connectivity index (χ4v) is 4.76. The molecule has 0 saturated carbocycles. The summed E-state index contributed by atoms with van der Waals surface area (Å²) in [5.74, 6) is 0.995. The van der Waals surface area contributed by atoms with Crippen LogP contribution in [0.5, 0.6) is 0 Å². The first-order valence-electron chi connectivity index (χ1n) is 13.4. The van der Waals surface area contributed by atoms with E-state index in [9.17, 15) is 4.79 Å². The van der Waals surface area contributed by atoms with Crippen LogP contribution < -0.4 is 5.32 Å². The summed E-state index contributed by atoms with van der Waals surface area (Å²) in [7, 11) is 0. The molecule has 0 spiro atoms. The first kappa shape index (κ1) is 26.0. The normalized spacial score (nSPS) is 12.2. The Bertz CT molecular complexity index is 1020. The van der Waals surface area contributed by atoms with Crippen LogP contribution in [0.3, 0.4) is 0 Å². The number of nitrogens with zero attached hydrogens (tertiary/aromatic N) is 2. The van der Waals surface area contributed by atoms with Gasteiger partial charge in [-0.05, 0) is 43.5 Å². The Hall–Kier alpha value is -2.62. The Morgan fingerprint density at radius 2 is 1.50 bits per heavy atom. The van der Waals surface area contributed by atoms with Crippen LogP contribution in [0.2, 0.25) is 0 Å². The van der Waals surface area contributed by atoms with E-state index in [0.29, 0.717) is 6.42 Å². The standard InChI is InChI=1S/C30H43N3O/c1-4-5-6-7-8-9-10-11-12-17-22-33-28-21-16-15-20-27(28)32-30(33)25(3)31-29(34)23-26-19-14-13-18-24(26)2/h13-16,18-21,25H,4-12,17,22-23H2,1-3H3,(H,31,34).